The molecular formula is C16H24ClO4Rh. The monoisotopic (exact) mass is 418 g/mol. The maximum atomic E-state index is 8.49. The summed E-state index contributed by atoms with van der Waals surface area (Å²) in [6, 6.07) is 0. The maximum Gasteiger partial charge on any atom is 1.00 e. The van der Waals surface area contributed by atoms with Gasteiger partial charge < -0.3 is 0 Å². The Hall–Kier alpha value is -0.287. The average molecular weight is 419 g/mol. The van der Waals surface area contributed by atoms with Gasteiger partial charge in [0.15, 0.2) is 0 Å². The van der Waals surface area contributed by atoms with Gasteiger partial charge in [-0.25, -0.2) is 18.6 Å². The van der Waals surface area contributed by atoms with Crippen LogP contribution in [0.25, 0.3) is 0 Å². The van der Waals surface area contributed by atoms with Gasteiger partial charge >= 0.3 is 19.5 Å². The van der Waals surface area contributed by atoms with Crippen LogP contribution in [-0.4, -0.2) is 0 Å². The van der Waals surface area contributed by atoms with Gasteiger partial charge in [-0.2, -0.15) is 0 Å². The molecule has 128 valence electrons. The van der Waals surface area contributed by atoms with Crippen LogP contribution in [0.1, 0.15) is 51.4 Å². The summed E-state index contributed by atoms with van der Waals surface area (Å²) in [6.07, 6.45) is 28.0. The van der Waals surface area contributed by atoms with Crippen LogP contribution in [0.5, 0.6) is 0 Å². The Labute approximate surface area is 148 Å². The first-order valence-electron chi connectivity index (χ1n) is 7.22. The Kier molecular flexibility index (Phi) is 18.6. The molecule has 4 nitrogen and oxygen atoms in total. The van der Waals surface area contributed by atoms with Crippen molar-refractivity contribution >= 4 is 0 Å². The third kappa shape index (κ3) is 28.0. The van der Waals surface area contributed by atoms with Crippen molar-refractivity contribution in [2.24, 2.45) is 0 Å². The fraction of sp³-hybridized carbons (Fsp3) is 0.500. The summed E-state index contributed by atoms with van der Waals surface area (Å²) in [4.78, 5) is 0. The van der Waals surface area contributed by atoms with Crippen LogP contribution in [0.4, 0.5) is 0 Å². The van der Waals surface area contributed by atoms with Gasteiger partial charge in [0.05, 0.1) is 0 Å². The molecule has 0 heterocycles. The molecule has 0 aromatic heterocycles. The average Bonchev–Trinajstić information content (AvgIpc) is 2.24. The molecule has 0 spiro atoms. The van der Waals surface area contributed by atoms with Gasteiger partial charge in [-0.15, -0.1) is 10.2 Å². The van der Waals surface area contributed by atoms with E-state index in [0.717, 1.165) is 0 Å². The van der Waals surface area contributed by atoms with Crippen LogP contribution < -0.4 is 18.6 Å². The zero-order chi connectivity index (χ0) is 15.8. The molecule has 0 aromatic rings. The van der Waals surface area contributed by atoms with Crippen molar-refractivity contribution < 1.29 is 48.4 Å². The van der Waals surface area contributed by atoms with Gasteiger partial charge in [0.2, 0.25) is 0 Å². The summed E-state index contributed by atoms with van der Waals surface area (Å²) in [7, 11) is -4.94. The SMILES string of the molecule is C1=C\CC/C=C\CC/1.C1=C\CC/C=C\CC/1.[O-][Cl+3]([O-])([O-])[O-].[Rh+]. The van der Waals surface area contributed by atoms with Gasteiger partial charge in [-0.1, -0.05) is 48.6 Å². The van der Waals surface area contributed by atoms with E-state index in [2.05, 4.69) is 48.6 Å². The smallest absolute Gasteiger partial charge is 0.222 e. The zero-order valence-corrected chi connectivity index (χ0v) is 15.0. The first-order chi connectivity index (χ1) is 10.0. The molecule has 0 aliphatic heterocycles. The summed E-state index contributed by atoms with van der Waals surface area (Å²) in [6.45, 7) is 0. The topological polar surface area (TPSA) is 92.2 Å². The van der Waals surface area contributed by atoms with E-state index in [1.807, 2.05) is 0 Å². The molecular weight excluding hydrogens is 395 g/mol. The second-order valence-corrected chi connectivity index (χ2v) is 5.33. The fourth-order valence-corrected chi connectivity index (χ4v) is 1.71. The second-order valence-electron chi connectivity index (χ2n) is 4.57. The Morgan fingerprint density at radius 3 is 0.591 bits per heavy atom. The molecule has 0 bridgehead atoms. The Morgan fingerprint density at radius 2 is 0.500 bits per heavy atom. The van der Waals surface area contributed by atoms with Crippen molar-refractivity contribution in [2.45, 2.75) is 51.4 Å². The van der Waals surface area contributed by atoms with E-state index in [9.17, 15) is 0 Å². The van der Waals surface area contributed by atoms with Gasteiger partial charge in [0, 0.05) is 0 Å². The molecule has 2 aliphatic rings. The van der Waals surface area contributed by atoms with Crippen LogP contribution in [0, 0.1) is 10.2 Å². The van der Waals surface area contributed by atoms with Crippen molar-refractivity contribution in [3.05, 3.63) is 48.6 Å². The summed E-state index contributed by atoms with van der Waals surface area (Å²) in [5.74, 6) is 0. The minimum absolute atomic E-state index is 0. The summed E-state index contributed by atoms with van der Waals surface area (Å²) < 4.78 is 34.0. The number of hydrogen-bond acceptors (Lipinski definition) is 4. The fourth-order valence-electron chi connectivity index (χ4n) is 1.71. The van der Waals surface area contributed by atoms with E-state index < -0.39 is 10.2 Å². The van der Waals surface area contributed by atoms with Crippen LogP contribution in [0.15, 0.2) is 48.6 Å². The molecule has 2 rings (SSSR count). The van der Waals surface area contributed by atoms with E-state index in [1.54, 1.807) is 0 Å². The first kappa shape index (κ1) is 24.0. The van der Waals surface area contributed by atoms with E-state index in [0.29, 0.717) is 0 Å². The minimum Gasteiger partial charge on any atom is -0.222 e. The molecule has 0 atom stereocenters. The molecule has 0 radical (unpaired) electrons. The predicted molar refractivity (Wildman–Crippen MR) is 73.5 cm³/mol. The van der Waals surface area contributed by atoms with Crippen molar-refractivity contribution in [3.63, 3.8) is 0 Å². The predicted octanol–water partition coefficient (Wildman–Crippen LogP) is 0.587. The van der Waals surface area contributed by atoms with Crippen molar-refractivity contribution in [2.75, 3.05) is 0 Å². The maximum absolute atomic E-state index is 8.49. The molecule has 0 aromatic carbocycles. The van der Waals surface area contributed by atoms with Crippen LogP contribution in [0.2, 0.25) is 0 Å². The molecule has 6 heteroatoms. The molecule has 0 amide bonds. The van der Waals surface area contributed by atoms with Crippen molar-refractivity contribution in [3.8, 4) is 0 Å². The molecule has 0 saturated heterocycles. The molecule has 0 N–H and O–H groups in total. The number of halogens is 1. The molecule has 22 heavy (non-hydrogen) atoms. The van der Waals surface area contributed by atoms with Gasteiger partial charge in [0.1, 0.15) is 0 Å². The third-order valence-electron chi connectivity index (χ3n) is 2.67. The summed E-state index contributed by atoms with van der Waals surface area (Å²) in [5.41, 5.74) is 0. The van der Waals surface area contributed by atoms with E-state index in [1.165, 1.54) is 51.4 Å². The van der Waals surface area contributed by atoms with Crippen LogP contribution >= 0.6 is 0 Å². The Balaban J connectivity index is 0. The van der Waals surface area contributed by atoms with E-state index in [4.69, 9.17) is 18.6 Å². The standard InChI is InChI=1S/2C8H12.ClHO4.Rh/c2*1-2-4-6-8-7-5-3-1;2-1(3,4)5;/h2*1-2,7-8H,3-6H2;(H,2,3,4,5);/q;;;+1/p-1/b2*2-1-,8-7-;;. The second kappa shape index (κ2) is 17.1. The van der Waals surface area contributed by atoms with Crippen LogP contribution in [0.3, 0.4) is 0 Å². The largest absolute Gasteiger partial charge is 1.00 e. The summed E-state index contributed by atoms with van der Waals surface area (Å²) >= 11 is 0. The van der Waals surface area contributed by atoms with Gasteiger partial charge in [0.25, 0.3) is 0 Å². The van der Waals surface area contributed by atoms with E-state index >= 15 is 0 Å². The van der Waals surface area contributed by atoms with Crippen molar-refractivity contribution in [1.29, 1.82) is 0 Å². The number of rotatable bonds is 0. The zero-order valence-electron chi connectivity index (χ0n) is 12.6. The van der Waals surface area contributed by atoms with Gasteiger partial charge in [-0.3, -0.25) is 0 Å². The normalized spacial score (nSPS) is 23.1. The quantitative estimate of drug-likeness (QED) is 0.425. The van der Waals surface area contributed by atoms with E-state index in [-0.39, 0.29) is 19.5 Å². The third-order valence-corrected chi connectivity index (χ3v) is 2.67. The van der Waals surface area contributed by atoms with Crippen molar-refractivity contribution in [1.82, 2.24) is 0 Å². The molecule has 0 unspecified atom stereocenters. The molecule has 0 fully saturated rings. The Bertz CT molecular complexity index is 261. The number of hydrogen-bond donors (Lipinski definition) is 0. The van der Waals surface area contributed by atoms with Crippen LogP contribution in [-0.2, 0) is 19.5 Å². The first-order valence-corrected chi connectivity index (χ1v) is 8.45. The molecule has 2 aliphatic carbocycles. The summed E-state index contributed by atoms with van der Waals surface area (Å²) in [5, 5.41) is 0. The number of allylic oxidation sites excluding steroid dienone is 8. The van der Waals surface area contributed by atoms with Gasteiger partial charge in [-0.05, 0) is 51.4 Å². The molecule has 0 saturated carbocycles. The Morgan fingerprint density at radius 1 is 0.409 bits per heavy atom. The minimum atomic E-state index is -4.94.